The first-order chi connectivity index (χ1) is 15.0. The molecule has 1 aliphatic heterocycles. The number of thioether (sulfide) groups is 1. The summed E-state index contributed by atoms with van der Waals surface area (Å²) in [5, 5.41) is 12.6. The predicted octanol–water partition coefficient (Wildman–Crippen LogP) is 5.15. The van der Waals surface area contributed by atoms with Crippen LogP contribution in [0.5, 0.6) is 0 Å². The van der Waals surface area contributed by atoms with Gasteiger partial charge in [-0.1, -0.05) is 67.5 Å². The molecular formula is C23H26ClN5OS. The normalized spacial score (nSPS) is 17.7. The van der Waals surface area contributed by atoms with Crippen molar-refractivity contribution in [3.8, 4) is 0 Å². The number of anilines is 1. The van der Waals surface area contributed by atoms with E-state index in [2.05, 4.69) is 59.1 Å². The molecule has 0 unspecified atom stereocenters. The Labute approximate surface area is 191 Å². The Morgan fingerprint density at radius 1 is 1.19 bits per heavy atom. The number of nitrogens with zero attached hydrogens (tertiary/aromatic N) is 3. The summed E-state index contributed by atoms with van der Waals surface area (Å²) in [6, 6.07) is 13.7. The van der Waals surface area contributed by atoms with E-state index < -0.39 is 5.25 Å². The molecule has 1 amide bonds. The number of aryl methyl sites for hydroxylation is 2. The number of nitrogens with one attached hydrogen (secondary N) is 2. The number of rotatable bonds is 6. The maximum Gasteiger partial charge on any atom is 0.240 e. The number of hydrogen-bond donors (Lipinski definition) is 2. The fourth-order valence-corrected chi connectivity index (χ4v) is 4.91. The standard InChI is InChI=1S/C23H26ClN5OS/c1-4-7-19-26-27-23-29(19)28-20(16-12-10-15(5-2)11-13-16)21(31-23)22(30)25-18-9-6-8-17(24)14(18)3/h6,8-13,20-21,28H,4-5,7H2,1-3H3,(H,25,30)/t20-,21+/m0/s1. The molecule has 2 aromatic carbocycles. The van der Waals surface area contributed by atoms with Gasteiger partial charge in [-0.05, 0) is 48.6 Å². The Bertz CT molecular complexity index is 1080. The lowest BCUT2D eigenvalue weighted by Gasteiger charge is -2.33. The first-order valence-corrected chi connectivity index (χ1v) is 11.8. The minimum Gasteiger partial charge on any atom is -0.325 e. The zero-order valence-corrected chi connectivity index (χ0v) is 19.4. The second kappa shape index (κ2) is 9.32. The quantitative estimate of drug-likeness (QED) is 0.537. The third kappa shape index (κ3) is 4.43. The van der Waals surface area contributed by atoms with Crippen LogP contribution in [-0.4, -0.2) is 26.0 Å². The lowest BCUT2D eigenvalue weighted by atomic mass is 10.0. The average Bonchev–Trinajstić information content (AvgIpc) is 3.18. The summed E-state index contributed by atoms with van der Waals surface area (Å²) in [4.78, 5) is 13.4. The van der Waals surface area contributed by atoms with Crippen LogP contribution in [0.4, 0.5) is 5.69 Å². The average molecular weight is 456 g/mol. The molecule has 4 rings (SSSR count). The van der Waals surface area contributed by atoms with E-state index in [4.69, 9.17) is 11.6 Å². The number of halogens is 1. The maximum absolute atomic E-state index is 13.4. The Kier molecular flexibility index (Phi) is 6.53. The largest absolute Gasteiger partial charge is 0.325 e. The van der Waals surface area contributed by atoms with Gasteiger partial charge in [-0.2, -0.15) is 0 Å². The molecule has 0 aliphatic carbocycles. The van der Waals surface area contributed by atoms with Crippen molar-refractivity contribution in [2.24, 2.45) is 0 Å². The van der Waals surface area contributed by atoms with Crippen molar-refractivity contribution in [3.63, 3.8) is 0 Å². The molecule has 0 fully saturated rings. The number of benzene rings is 2. The van der Waals surface area contributed by atoms with E-state index in [0.717, 1.165) is 41.9 Å². The van der Waals surface area contributed by atoms with Gasteiger partial charge in [-0.15, -0.1) is 10.2 Å². The molecule has 2 heterocycles. The number of aromatic nitrogens is 3. The molecule has 0 saturated carbocycles. The Morgan fingerprint density at radius 2 is 1.97 bits per heavy atom. The molecule has 0 saturated heterocycles. The van der Waals surface area contributed by atoms with Crippen molar-refractivity contribution in [3.05, 3.63) is 70.0 Å². The molecule has 31 heavy (non-hydrogen) atoms. The van der Waals surface area contributed by atoms with Crippen LogP contribution in [0.1, 0.15) is 48.8 Å². The summed E-state index contributed by atoms with van der Waals surface area (Å²) in [6.45, 7) is 6.15. The van der Waals surface area contributed by atoms with Gasteiger partial charge in [-0.25, -0.2) is 4.68 Å². The van der Waals surface area contributed by atoms with Crippen molar-refractivity contribution < 1.29 is 4.79 Å². The lowest BCUT2D eigenvalue weighted by molar-refractivity contribution is -0.116. The molecule has 1 aliphatic rings. The lowest BCUT2D eigenvalue weighted by Crippen LogP contribution is -2.41. The highest BCUT2D eigenvalue weighted by Gasteiger charge is 2.37. The van der Waals surface area contributed by atoms with Crippen LogP contribution in [0, 0.1) is 6.92 Å². The molecule has 162 valence electrons. The number of hydrogen-bond acceptors (Lipinski definition) is 5. The Hall–Kier alpha value is -2.51. The van der Waals surface area contributed by atoms with E-state index in [1.54, 1.807) is 0 Å². The fraction of sp³-hybridized carbons (Fsp3) is 0.348. The molecule has 2 N–H and O–H groups in total. The molecule has 8 heteroatoms. The van der Waals surface area contributed by atoms with Crippen LogP contribution in [0.3, 0.4) is 0 Å². The SMILES string of the molecule is CCCc1nnc2n1N[C@@H](c1ccc(CC)cc1)[C@H](C(=O)Nc1cccc(Cl)c1C)S2. The van der Waals surface area contributed by atoms with E-state index in [1.165, 1.54) is 17.3 Å². The van der Waals surface area contributed by atoms with Gasteiger partial charge >= 0.3 is 0 Å². The third-order valence-electron chi connectivity index (χ3n) is 5.51. The van der Waals surface area contributed by atoms with Gasteiger partial charge in [0.25, 0.3) is 0 Å². The summed E-state index contributed by atoms with van der Waals surface area (Å²) >= 11 is 7.68. The van der Waals surface area contributed by atoms with Crippen LogP contribution in [-0.2, 0) is 17.6 Å². The maximum atomic E-state index is 13.4. The Balaban J connectivity index is 1.68. The minimum atomic E-state index is -0.419. The van der Waals surface area contributed by atoms with Crippen LogP contribution in [0.15, 0.2) is 47.6 Å². The highest BCUT2D eigenvalue weighted by Crippen LogP contribution is 2.38. The zero-order chi connectivity index (χ0) is 22.0. The molecular weight excluding hydrogens is 430 g/mol. The number of carbonyl (C=O) groups excluding carboxylic acids is 1. The summed E-state index contributed by atoms with van der Waals surface area (Å²) in [6.07, 6.45) is 2.76. The van der Waals surface area contributed by atoms with Gasteiger partial charge in [0.2, 0.25) is 11.1 Å². The van der Waals surface area contributed by atoms with Gasteiger partial charge in [0, 0.05) is 17.1 Å². The first kappa shape index (κ1) is 21.7. The van der Waals surface area contributed by atoms with Gasteiger partial charge in [0.1, 0.15) is 5.25 Å². The van der Waals surface area contributed by atoms with Crippen molar-refractivity contribution >= 4 is 35.0 Å². The highest BCUT2D eigenvalue weighted by atomic mass is 35.5. The van der Waals surface area contributed by atoms with Crippen LogP contribution < -0.4 is 10.7 Å². The van der Waals surface area contributed by atoms with Crippen molar-refractivity contribution in [1.82, 2.24) is 14.9 Å². The molecule has 6 nitrogen and oxygen atoms in total. The molecule has 3 aromatic rings. The molecule has 0 radical (unpaired) electrons. The second-order valence-electron chi connectivity index (χ2n) is 7.63. The molecule has 0 bridgehead atoms. The number of fused-ring (bicyclic) bond motifs is 1. The molecule has 2 atom stereocenters. The summed E-state index contributed by atoms with van der Waals surface area (Å²) in [5.41, 5.74) is 7.39. The second-order valence-corrected chi connectivity index (χ2v) is 9.14. The van der Waals surface area contributed by atoms with E-state index in [9.17, 15) is 4.79 Å². The van der Waals surface area contributed by atoms with Crippen LogP contribution in [0.25, 0.3) is 0 Å². The van der Waals surface area contributed by atoms with Crippen molar-refractivity contribution in [2.75, 3.05) is 10.7 Å². The van der Waals surface area contributed by atoms with Crippen LogP contribution >= 0.6 is 23.4 Å². The zero-order valence-electron chi connectivity index (χ0n) is 17.9. The third-order valence-corrected chi connectivity index (χ3v) is 7.13. The fourth-order valence-electron chi connectivity index (χ4n) is 3.64. The summed E-state index contributed by atoms with van der Waals surface area (Å²) in [5.74, 6) is 0.781. The van der Waals surface area contributed by atoms with Crippen LogP contribution in [0.2, 0.25) is 5.02 Å². The smallest absolute Gasteiger partial charge is 0.240 e. The predicted molar refractivity (Wildman–Crippen MR) is 126 cm³/mol. The van der Waals surface area contributed by atoms with Gasteiger partial charge < -0.3 is 10.7 Å². The molecule has 0 spiro atoms. The van der Waals surface area contributed by atoms with E-state index in [0.29, 0.717) is 10.2 Å². The first-order valence-electron chi connectivity index (χ1n) is 10.5. The van der Waals surface area contributed by atoms with E-state index in [1.807, 2.05) is 29.8 Å². The number of carbonyl (C=O) groups is 1. The van der Waals surface area contributed by atoms with Gasteiger partial charge in [0.05, 0.1) is 6.04 Å². The topological polar surface area (TPSA) is 71.8 Å². The van der Waals surface area contributed by atoms with Crippen molar-refractivity contribution in [2.45, 2.75) is 56.5 Å². The minimum absolute atomic E-state index is 0.0984. The van der Waals surface area contributed by atoms with Gasteiger partial charge in [0.15, 0.2) is 5.82 Å². The van der Waals surface area contributed by atoms with Crippen molar-refractivity contribution in [1.29, 1.82) is 0 Å². The van der Waals surface area contributed by atoms with E-state index >= 15 is 0 Å². The highest BCUT2D eigenvalue weighted by molar-refractivity contribution is 8.00. The monoisotopic (exact) mass is 455 g/mol. The summed E-state index contributed by atoms with van der Waals surface area (Å²) in [7, 11) is 0. The summed E-state index contributed by atoms with van der Waals surface area (Å²) < 4.78 is 1.93. The number of amides is 1. The van der Waals surface area contributed by atoms with E-state index in [-0.39, 0.29) is 11.9 Å². The van der Waals surface area contributed by atoms with Gasteiger partial charge in [-0.3, -0.25) is 4.79 Å². The molecule has 1 aromatic heterocycles. The Morgan fingerprint density at radius 3 is 2.68 bits per heavy atom.